The molecule has 0 heterocycles. The highest BCUT2D eigenvalue weighted by Crippen LogP contribution is 2.99. The molecule has 64 valence electrons. The quantitative estimate of drug-likeness (QED) is 0.550. The van der Waals surface area contributed by atoms with Gasteiger partial charge >= 0.3 is 16.8 Å². The smallest absolute Gasteiger partial charge is 0.186 e. The van der Waals surface area contributed by atoms with E-state index in [4.69, 9.17) is 9.59 Å². The lowest BCUT2D eigenvalue weighted by molar-refractivity contribution is -0.191. The highest BCUT2D eigenvalue weighted by Gasteiger charge is 2.64. The monoisotopic (exact) mass is 190 g/mol. The molecule has 0 amide bonds. The van der Waals surface area contributed by atoms with Gasteiger partial charge in [-0.2, -0.15) is 9.59 Å². The van der Waals surface area contributed by atoms with E-state index in [9.17, 15) is 23.3 Å². The van der Waals surface area contributed by atoms with Gasteiger partial charge in [-0.3, -0.25) is 0 Å². The maximum atomic E-state index is 9.85. The molecule has 0 aliphatic heterocycles. The molecular weight excluding hydrogens is 190 g/mol. The third-order valence-electron chi connectivity index (χ3n) is 0. The highest BCUT2D eigenvalue weighted by molar-refractivity contribution is 8.41. The molecule has 0 N–H and O–H groups in total. The first-order valence-corrected chi connectivity index (χ1v) is 3.19. The summed E-state index contributed by atoms with van der Waals surface area (Å²) in [4.78, 5) is 16.2. The predicted octanol–water partition coefficient (Wildman–Crippen LogP) is 2.59. The molecule has 0 aromatic heterocycles. The second-order valence-electron chi connectivity index (χ2n) is 0.958. The van der Waals surface area contributed by atoms with Gasteiger partial charge < -0.3 is 0 Å². The van der Waals surface area contributed by atoms with E-state index >= 15 is 0 Å². The lowest BCUT2D eigenvalue weighted by atomic mass is 11.8. The van der Waals surface area contributed by atoms with E-state index in [0.717, 1.165) is 0 Å². The van der Waals surface area contributed by atoms with Crippen molar-refractivity contribution in [2.75, 3.05) is 0 Å². The number of halogens is 6. The summed E-state index contributed by atoms with van der Waals surface area (Å²) in [5.41, 5.74) is 0. The molecule has 0 fully saturated rings. The van der Waals surface area contributed by atoms with Crippen molar-refractivity contribution in [1.29, 1.82) is 0 Å². The van der Waals surface area contributed by atoms with Crippen LogP contribution < -0.4 is 0 Å². The Bertz CT molecular complexity index is 132. The van der Waals surface area contributed by atoms with Crippen molar-refractivity contribution < 1.29 is 32.9 Å². The molecule has 0 aliphatic rings. The molecule has 0 saturated carbocycles. The highest BCUT2D eigenvalue weighted by atomic mass is 32.5. The topological polar surface area (TPSA) is 34.1 Å². The van der Waals surface area contributed by atoms with Crippen LogP contribution in [0.3, 0.4) is 0 Å². The molecule has 0 spiro atoms. The van der Waals surface area contributed by atoms with Crippen LogP contribution in [0.5, 0.6) is 0 Å². The summed E-state index contributed by atoms with van der Waals surface area (Å²) in [5, 5.41) is 0. The predicted molar refractivity (Wildman–Crippen MR) is 19.2 cm³/mol. The molecule has 0 saturated heterocycles. The average molecular weight is 190 g/mol. The van der Waals surface area contributed by atoms with E-state index in [1.165, 1.54) is 0 Å². The Hall–Kier alpha value is -0.690. The van der Waals surface area contributed by atoms with E-state index in [2.05, 4.69) is 0 Å². The molecule has 0 aromatic carbocycles. The number of hydrogen-bond acceptors (Lipinski definition) is 2. The Morgan fingerprint density at radius 2 is 0.800 bits per heavy atom. The number of rotatable bonds is 0. The van der Waals surface area contributed by atoms with Crippen molar-refractivity contribution in [2.24, 2.45) is 0 Å². The lowest BCUT2D eigenvalue weighted by Crippen LogP contribution is -1.92. The summed E-state index contributed by atoms with van der Waals surface area (Å²) >= 11 is 0. The first kappa shape index (κ1) is 12.0. The minimum Gasteiger partial charge on any atom is -0.186 e. The van der Waals surface area contributed by atoms with E-state index in [1.54, 1.807) is 0 Å². The molecule has 0 aromatic rings. The molecule has 0 radical (unpaired) electrons. The van der Waals surface area contributed by atoms with Gasteiger partial charge in [-0.05, 0) is 0 Å². The van der Waals surface area contributed by atoms with Crippen LogP contribution in [-0.4, -0.2) is 6.15 Å². The molecular formula is CF6O2S. The second kappa shape index (κ2) is 1.89. The van der Waals surface area contributed by atoms with Crippen LogP contribution in [0.15, 0.2) is 0 Å². The van der Waals surface area contributed by atoms with Crippen molar-refractivity contribution in [1.82, 2.24) is 0 Å². The fraction of sp³-hybridized carbons (Fsp3) is 0. The number of hydrogen-bond donors (Lipinski definition) is 0. The Balaban J connectivity index is 0. The summed E-state index contributed by atoms with van der Waals surface area (Å²) in [6.45, 7) is 0. The molecule has 0 rings (SSSR count). The maximum Gasteiger partial charge on any atom is 0.431 e. The summed E-state index contributed by atoms with van der Waals surface area (Å²) in [7, 11) is -10.5. The summed E-state index contributed by atoms with van der Waals surface area (Å²) in [5.74, 6) is 0. The van der Waals surface area contributed by atoms with Gasteiger partial charge in [0, 0.05) is 0 Å². The van der Waals surface area contributed by atoms with Crippen molar-refractivity contribution in [3.63, 3.8) is 0 Å². The zero-order valence-corrected chi connectivity index (χ0v) is 4.81. The zero-order valence-electron chi connectivity index (χ0n) is 3.99. The zero-order chi connectivity index (χ0) is 9.12. The van der Waals surface area contributed by atoms with Crippen molar-refractivity contribution in [3.05, 3.63) is 0 Å². The van der Waals surface area contributed by atoms with Gasteiger partial charge in [-0.25, -0.2) is 0 Å². The van der Waals surface area contributed by atoms with Gasteiger partial charge in [0.25, 0.3) is 0 Å². The SMILES string of the molecule is FS(F)(F)(F)(F)F.O=C=O. The minimum atomic E-state index is -10.5. The van der Waals surface area contributed by atoms with Gasteiger partial charge in [-0.1, -0.05) is 23.3 Å². The lowest BCUT2D eigenvalue weighted by Gasteiger charge is -2.28. The van der Waals surface area contributed by atoms with E-state index in [1.807, 2.05) is 0 Å². The van der Waals surface area contributed by atoms with Crippen molar-refractivity contribution in [2.45, 2.75) is 0 Å². The van der Waals surface area contributed by atoms with Gasteiger partial charge in [0.05, 0.1) is 0 Å². The third-order valence-corrected chi connectivity index (χ3v) is 0. The molecule has 10 heavy (non-hydrogen) atoms. The Kier molecular flexibility index (Phi) is 2.28. The molecule has 0 bridgehead atoms. The van der Waals surface area contributed by atoms with Gasteiger partial charge in [0.1, 0.15) is 0 Å². The van der Waals surface area contributed by atoms with Crippen LogP contribution in [0.4, 0.5) is 23.3 Å². The van der Waals surface area contributed by atoms with Gasteiger partial charge in [-0.15, -0.1) is 0 Å². The minimum absolute atomic E-state index is 0.250. The van der Waals surface area contributed by atoms with Gasteiger partial charge in [0.15, 0.2) is 0 Å². The van der Waals surface area contributed by atoms with E-state index in [0.29, 0.717) is 0 Å². The van der Waals surface area contributed by atoms with Crippen LogP contribution >= 0.6 is 10.6 Å². The van der Waals surface area contributed by atoms with E-state index in [-0.39, 0.29) is 6.15 Å². The molecule has 0 unspecified atom stereocenters. The molecule has 0 atom stereocenters. The maximum absolute atomic E-state index is 10.5. The average Bonchev–Trinajstić information content (AvgIpc) is 1.20. The first-order valence-electron chi connectivity index (χ1n) is 1.33. The third kappa shape index (κ3) is 611. The standard InChI is InChI=1S/CO2.F6S/c2-1-3;1-7(2,3,4,5)6. The van der Waals surface area contributed by atoms with Crippen molar-refractivity contribution >= 4 is 16.8 Å². The summed E-state index contributed by atoms with van der Waals surface area (Å²) < 4.78 is 59.1. The van der Waals surface area contributed by atoms with Gasteiger partial charge in [0.2, 0.25) is 0 Å². The molecule has 0 aliphatic carbocycles. The number of carbonyl (C=O) groups excluding carboxylic acids is 2. The largest absolute Gasteiger partial charge is 0.431 e. The molecule has 9 heteroatoms. The fourth-order valence-electron chi connectivity index (χ4n) is 0. The normalized spacial score (nSPS) is 17.0. The Morgan fingerprint density at radius 1 is 0.800 bits per heavy atom. The van der Waals surface area contributed by atoms with Crippen LogP contribution in [-0.2, 0) is 9.59 Å². The Morgan fingerprint density at radius 3 is 0.800 bits per heavy atom. The van der Waals surface area contributed by atoms with Crippen LogP contribution in [0, 0.1) is 0 Å². The fourth-order valence-corrected chi connectivity index (χ4v) is 0. The summed E-state index contributed by atoms with van der Waals surface area (Å²) in [6, 6.07) is 0. The van der Waals surface area contributed by atoms with Crippen LogP contribution in [0.2, 0.25) is 0 Å². The van der Waals surface area contributed by atoms with Crippen molar-refractivity contribution in [3.8, 4) is 0 Å². The summed E-state index contributed by atoms with van der Waals surface area (Å²) in [6.07, 6.45) is 0.250. The second-order valence-corrected chi connectivity index (χ2v) is 2.71. The molecule has 2 nitrogen and oxygen atoms in total. The first-order chi connectivity index (χ1) is 3.86. The Labute approximate surface area is 50.8 Å². The van der Waals surface area contributed by atoms with Crippen LogP contribution in [0.25, 0.3) is 0 Å². The van der Waals surface area contributed by atoms with E-state index < -0.39 is 10.6 Å². The van der Waals surface area contributed by atoms with Crippen LogP contribution in [0.1, 0.15) is 0 Å².